The lowest BCUT2D eigenvalue weighted by Gasteiger charge is -2.22. The third kappa shape index (κ3) is 4.83. The van der Waals surface area contributed by atoms with Gasteiger partial charge in [0.2, 0.25) is 0 Å². The van der Waals surface area contributed by atoms with Crippen LogP contribution in [0.4, 0.5) is 5.69 Å². The fourth-order valence-corrected chi connectivity index (χ4v) is 5.54. The molecule has 1 aliphatic rings. The van der Waals surface area contributed by atoms with E-state index < -0.39 is 16.0 Å². The van der Waals surface area contributed by atoms with E-state index >= 15 is 0 Å². The third-order valence-electron chi connectivity index (χ3n) is 5.49. The molecule has 1 aliphatic heterocycles. The second-order valence-corrected chi connectivity index (χ2v) is 9.43. The first-order chi connectivity index (χ1) is 16.9. The highest BCUT2D eigenvalue weighted by molar-refractivity contribution is 7.93. The molecule has 35 heavy (non-hydrogen) atoms. The van der Waals surface area contributed by atoms with E-state index in [0.29, 0.717) is 29.8 Å². The molecular formula is C26H22N2O6S. The molecule has 0 saturated heterocycles. The third-order valence-corrected chi connectivity index (χ3v) is 7.31. The summed E-state index contributed by atoms with van der Waals surface area (Å²) >= 11 is 0. The highest BCUT2D eigenvalue weighted by Crippen LogP contribution is 2.40. The van der Waals surface area contributed by atoms with Crippen molar-refractivity contribution in [2.45, 2.75) is 11.3 Å². The molecule has 0 spiro atoms. The molecule has 9 heteroatoms. The zero-order chi connectivity index (χ0) is 25.0. The molecule has 1 heterocycles. The quantitative estimate of drug-likeness (QED) is 0.280. The minimum absolute atomic E-state index is 0.0730. The number of sulfonamides is 1. The Morgan fingerprint density at radius 3 is 2.49 bits per heavy atom. The van der Waals surface area contributed by atoms with Crippen molar-refractivity contribution in [3.05, 3.63) is 83.4 Å². The van der Waals surface area contributed by atoms with Crippen molar-refractivity contribution >= 4 is 27.8 Å². The van der Waals surface area contributed by atoms with Crippen LogP contribution in [-0.4, -0.2) is 35.2 Å². The van der Waals surface area contributed by atoms with Crippen LogP contribution in [0.3, 0.4) is 0 Å². The second kappa shape index (κ2) is 9.91. The molecule has 8 nitrogen and oxygen atoms in total. The Labute approximate surface area is 203 Å². The summed E-state index contributed by atoms with van der Waals surface area (Å²) in [6.07, 6.45) is 3.22. The van der Waals surface area contributed by atoms with E-state index in [0.717, 1.165) is 5.56 Å². The van der Waals surface area contributed by atoms with E-state index in [1.807, 2.05) is 18.2 Å². The van der Waals surface area contributed by atoms with Crippen molar-refractivity contribution in [2.75, 3.05) is 25.1 Å². The van der Waals surface area contributed by atoms with Gasteiger partial charge in [-0.3, -0.25) is 4.31 Å². The number of esters is 1. The van der Waals surface area contributed by atoms with Crippen LogP contribution >= 0.6 is 0 Å². The van der Waals surface area contributed by atoms with Crippen LogP contribution in [-0.2, 0) is 21.2 Å². The van der Waals surface area contributed by atoms with Gasteiger partial charge in [-0.15, -0.1) is 0 Å². The van der Waals surface area contributed by atoms with Gasteiger partial charge in [0.15, 0.2) is 11.5 Å². The van der Waals surface area contributed by atoms with Gasteiger partial charge in [-0.2, -0.15) is 5.26 Å². The molecule has 0 radical (unpaired) electrons. The lowest BCUT2D eigenvalue weighted by Crippen LogP contribution is -2.29. The molecule has 4 rings (SSSR count). The fraction of sp³-hybridized carbons (Fsp3) is 0.154. The number of anilines is 1. The summed E-state index contributed by atoms with van der Waals surface area (Å²) in [4.78, 5) is 12.2. The summed E-state index contributed by atoms with van der Waals surface area (Å²) in [7, 11) is -1.21. The normalized spacial score (nSPS) is 12.8. The summed E-state index contributed by atoms with van der Waals surface area (Å²) in [6, 6.07) is 18.4. The van der Waals surface area contributed by atoms with E-state index in [4.69, 9.17) is 19.5 Å². The maximum Gasteiger partial charge on any atom is 0.336 e. The lowest BCUT2D eigenvalue weighted by molar-refractivity contribution is -0.128. The van der Waals surface area contributed by atoms with Crippen molar-refractivity contribution in [2.24, 2.45) is 0 Å². The first-order valence-corrected chi connectivity index (χ1v) is 12.1. The van der Waals surface area contributed by atoms with Crippen molar-refractivity contribution < 1.29 is 27.4 Å². The summed E-state index contributed by atoms with van der Waals surface area (Å²) < 4.78 is 44.7. The maximum absolute atomic E-state index is 13.7. The average Bonchev–Trinajstić information content (AvgIpc) is 3.32. The Kier molecular flexibility index (Phi) is 6.75. The molecule has 0 bridgehead atoms. The molecule has 0 aliphatic carbocycles. The number of hydrogen-bond donors (Lipinski definition) is 0. The Morgan fingerprint density at radius 1 is 1.06 bits per heavy atom. The van der Waals surface area contributed by atoms with E-state index in [9.17, 15) is 13.2 Å². The van der Waals surface area contributed by atoms with Crippen LogP contribution < -0.4 is 18.5 Å². The Bertz CT molecular complexity index is 1440. The molecular weight excluding hydrogens is 468 g/mol. The van der Waals surface area contributed by atoms with Gasteiger partial charge >= 0.3 is 5.97 Å². The number of rotatable bonds is 7. The topological polar surface area (TPSA) is 106 Å². The number of nitrogens with zero attached hydrogens (tertiary/aromatic N) is 2. The van der Waals surface area contributed by atoms with Gasteiger partial charge in [-0.1, -0.05) is 18.2 Å². The van der Waals surface area contributed by atoms with Crippen molar-refractivity contribution in [1.82, 2.24) is 0 Å². The minimum Gasteiger partial charge on any atom is -0.493 e. The number of para-hydroxylation sites is 1. The summed E-state index contributed by atoms with van der Waals surface area (Å²) in [5, 5.41) is 8.86. The van der Waals surface area contributed by atoms with Gasteiger partial charge in [-0.25, -0.2) is 13.2 Å². The van der Waals surface area contributed by atoms with Gasteiger partial charge in [0.1, 0.15) is 10.6 Å². The molecule has 0 atom stereocenters. The molecule has 178 valence electrons. The Balaban J connectivity index is 1.66. The van der Waals surface area contributed by atoms with E-state index in [1.54, 1.807) is 18.2 Å². The number of nitriles is 1. The summed E-state index contributed by atoms with van der Waals surface area (Å²) in [6.45, 7) is 0.310. The van der Waals surface area contributed by atoms with Gasteiger partial charge < -0.3 is 14.2 Å². The average molecular weight is 491 g/mol. The highest BCUT2D eigenvalue weighted by Gasteiger charge is 2.34. The van der Waals surface area contributed by atoms with Crippen LogP contribution in [0.1, 0.15) is 16.7 Å². The van der Waals surface area contributed by atoms with Crippen LogP contribution in [0.5, 0.6) is 17.2 Å². The molecule has 0 amide bonds. The molecule has 0 unspecified atom stereocenters. The molecule has 0 saturated carbocycles. The van der Waals surface area contributed by atoms with E-state index in [-0.39, 0.29) is 22.1 Å². The fourth-order valence-electron chi connectivity index (χ4n) is 3.83. The SMILES string of the molecule is COc1cc(C=CC(=O)Oc2ccc(C#N)cc2)cc(S(=O)(=O)N2CCc3ccccc32)c1OC. The van der Waals surface area contributed by atoms with Crippen LogP contribution in [0, 0.1) is 11.3 Å². The van der Waals surface area contributed by atoms with Crippen LogP contribution in [0.25, 0.3) is 6.08 Å². The zero-order valence-corrected chi connectivity index (χ0v) is 19.9. The van der Waals surface area contributed by atoms with Gasteiger partial charge in [0, 0.05) is 12.6 Å². The van der Waals surface area contributed by atoms with Crippen LogP contribution in [0.2, 0.25) is 0 Å². The standard InChI is InChI=1S/C26H22N2O6S/c1-32-23-15-19(9-12-25(29)34-21-10-7-18(17-27)8-11-21)16-24(26(23)33-2)35(30,31)28-14-13-20-5-3-4-6-22(20)28/h3-12,15-16H,13-14H2,1-2H3. The zero-order valence-electron chi connectivity index (χ0n) is 19.1. The Morgan fingerprint density at radius 2 is 1.80 bits per heavy atom. The maximum atomic E-state index is 13.7. The first kappa shape index (κ1) is 23.9. The highest BCUT2D eigenvalue weighted by atomic mass is 32.2. The first-order valence-electron chi connectivity index (χ1n) is 10.6. The minimum atomic E-state index is -3.99. The summed E-state index contributed by atoms with van der Waals surface area (Å²) in [5.41, 5.74) is 2.43. The largest absolute Gasteiger partial charge is 0.493 e. The second-order valence-electron chi connectivity index (χ2n) is 7.60. The number of carbonyl (C=O) groups excluding carboxylic acids is 1. The molecule has 0 fully saturated rings. The molecule has 0 N–H and O–H groups in total. The molecule has 0 aromatic heterocycles. The van der Waals surface area contributed by atoms with Gasteiger partial charge in [0.05, 0.1) is 31.5 Å². The smallest absolute Gasteiger partial charge is 0.336 e. The van der Waals surface area contributed by atoms with Crippen molar-refractivity contribution in [1.29, 1.82) is 5.26 Å². The Hall–Kier alpha value is -4.29. The predicted octanol–water partition coefficient (Wildman–Crippen LogP) is 3.95. The summed E-state index contributed by atoms with van der Waals surface area (Å²) in [5.74, 6) is -0.0975. The van der Waals surface area contributed by atoms with Crippen LogP contribution in [0.15, 0.2) is 71.6 Å². The molecule has 3 aromatic rings. The van der Waals surface area contributed by atoms with E-state index in [2.05, 4.69) is 0 Å². The van der Waals surface area contributed by atoms with Crippen molar-refractivity contribution in [3.8, 4) is 23.3 Å². The number of hydrogen-bond acceptors (Lipinski definition) is 7. The predicted molar refractivity (Wildman–Crippen MR) is 130 cm³/mol. The van der Waals surface area contributed by atoms with Crippen molar-refractivity contribution in [3.63, 3.8) is 0 Å². The molecule has 3 aromatic carbocycles. The van der Waals surface area contributed by atoms with Gasteiger partial charge in [-0.05, 0) is 66.1 Å². The number of carbonyl (C=O) groups is 1. The monoisotopic (exact) mass is 490 g/mol. The number of ether oxygens (including phenoxy) is 3. The lowest BCUT2D eigenvalue weighted by atomic mass is 10.2. The number of fused-ring (bicyclic) bond motifs is 1. The number of benzene rings is 3. The number of methoxy groups -OCH3 is 2. The van der Waals surface area contributed by atoms with E-state index in [1.165, 1.54) is 61.0 Å². The van der Waals surface area contributed by atoms with Gasteiger partial charge in [0.25, 0.3) is 10.0 Å².